The molecule has 0 unspecified atom stereocenters. The molecule has 0 radical (unpaired) electrons. The smallest absolute Gasteiger partial charge is 0.455 e. The average molecular weight is 275 g/mol. The average Bonchev–Trinajstić information content (AvgIpc) is 2.25. The zero-order valence-electron chi connectivity index (χ0n) is 10.9. The maximum atomic E-state index is 12.5. The number of nitrogens with two attached hydrogens (primary N) is 1. The first-order valence-corrected chi connectivity index (χ1v) is 5.66. The van der Waals surface area contributed by atoms with Gasteiger partial charge in [0.05, 0.1) is 5.56 Å². The second-order valence-electron chi connectivity index (χ2n) is 5.31. The molecule has 0 aliphatic rings. The van der Waals surface area contributed by atoms with Crippen molar-refractivity contribution in [3.63, 3.8) is 0 Å². The number of aromatic hydroxyl groups is 1. The summed E-state index contributed by atoms with van der Waals surface area (Å²) < 4.78 is 37.5. The first kappa shape index (κ1) is 15.5. The third-order valence-electron chi connectivity index (χ3n) is 2.78. The molecule has 3 nitrogen and oxygen atoms in total. The zero-order chi connectivity index (χ0) is 15.0. The zero-order valence-corrected chi connectivity index (χ0v) is 10.9. The van der Waals surface area contributed by atoms with Crippen molar-refractivity contribution in [3.05, 3.63) is 28.8 Å². The van der Waals surface area contributed by atoms with E-state index in [1.807, 2.05) is 0 Å². The summed E-state index contributed by atoms with van der Waals surface area (Å²) in [6, 6.07) is 2.59. The Hall–Kier alpha value is -1.56. The third kappa shape index (κ3) is 3.26. The van der Waals surface area contributed by atoms with E-state index >= 15 is 0 Å². The molecule has 0 aliphatic heterocycles. The van der Waals surface area contributed by atoms with Gasteiger partial charge in [-0.05, 0) is 17.0 Å². The number of halogens is 3. The molecule has 0 atom stereocenters. The topological polar surface area (TPSA) is 63.3 Å². The van der Waals surface area contributed by atoms with Gasteiger partial charge in [-0.15, -0.1) is 0 Å². The molecule has 1 aromatic rings. The van der Waals surface area contributed by atoms with E-state index in [0.717, 1.165) is 6.07 Å². The predicted octanol–water partition coefficient (Wildman–Crippen LogP) is 2.89. The summed E-state index contributed by atoms with van der Waals surface area (Å²) in [5.74, 6) is -2.76. The Kier molecular flexibility index (Phi) is 3.95. The van der Waals surface area contributed by atoms with Crippen LogP contribution >= 0.6 is 0 Å². The fourth-order valence-electron chi connectivity index (χ4n) is 1.61. The minimum atomic E-state index is -5.03. The van der Waals surface area contributed by atoms with Crippen LogP contribution in [0.3, 0.4) is 0 Å². The number of hydrogen-bond acceptors (Lipinski definition) is 3. The Balaban J connectivity index is 3.51. The van der Waals surface area contributed by atoms with Gasteiger partial charge < -0.3 is 10.8 Å². The van der Waals surface area contributed by atoms with Gasteiger partial charge in [0.15, 0.2) is 0 Å². The molecular weight excluding hydrogens is 259 g/mol. The lowest BCUT2D eigenvalue weighted by Gasteiger charge is -2.22. The molecule has 6 heteroatoms. The van der Waals surface area contributed by atoms with Crippen molar-refractivity contribution in [2.24, 2.45) is 5.73 Å². The molecule has 0 saturated carbocycles. The number of carbonyl (C=O) groups excluding carboxylic acids is 1. The molecule has 0 heterocycles. The quantitative estimate of drug-likeness (QED) is 0.816. The van der Waals surface area contributed by atoms with Crippen molar-refractivity contribution in [3.8, 4) is 5.75 Å². The van der Waals surface area contributed by atoms with Gasteiger partial charge in [0.2, 0.25) is 0 Å². The molecule has 0 spiro atoms. The Morgan fingerprint density at radius 1 is 1.26 bits per heavy atom. The van der Waals surface area contributed by atoms with Crippen molar-refractivity contribution >= 4 is 5.78 Å². The maximum absolute atomic E-state index is 12.5. The second kappa shape index (κ2) is 4.85. The number of carbonyl (C=O) groups is 1. The van der Waals surface area contributed by atoms with Gasteiger partial charge in [-0.1, -0.05) is 26.8 Å². The van der Waals surface area contributed by atoms with E-state index in [9.17, 15) is 23.1 Å². The van der Waals surface area contributed by atoms with E-state index in [1.54, 1.807) is 20.8 Å². The Morgan fingerprint density at radius 2 is 1.79 bits per heavy atom. The van der Waals surface area contributed by atoms with Gasteiger partial charge in [-0.2, -0.15) is 13.2 Å². The lowest BCUT2D eigenvalue weighted by atomic mass is 9.84. The molecule has 0 bridgehead atoms. The summed E-state index contributed by atoms with van der Waals surface area (Å²) in [5, 5.41) is 9.71. The molecule has 106 valence electrons. The number of phenolic OH excluding ortho intramolecular Hbond substituents is 1. The van der Waals surface area contributed by atoms with Crippen LogP contribution in [0.5, 0.6) is 5.75 Å². The van der Waals surface area contributed by atoms with Crippen LogP contribution in [0.25, 0.3) is 0 Å². The van der Waals surface area contributed by atoms with Gasteiger partial charge in [0, 0.05) is 12.1 Å². The highest BCUT2D eigenvalue weighted by Crippen LogP contribution is 2.34. The highest BCUT2D eigenvalue weighted by Gasteiger charge is 2.41. The van der Waals surface area contributed by atoms with Crippen LogP contribution in [0, 0.1) is 0 Å². The number of rotatable bonds is 2. The lowest BCUT2D eigenvalue weighted by molar-refractivity contribution is -0.0886. The van der Waals surface area contributed by atoms with Crippen LogP contribution in [0.15, 0.2) is 12.1 Å². The van der Waals surface area contributed by atoms with Gasteiger partial charge in [-0.3, -0.25) is 4.79 Å². The Bertz CT molecular complexity index is 502. The van der Waals surface area contributed by atoms with Crippen LogP contribution in [0.2, 0.25) is 0 Å². The molecule has 1 rings (SSSR count). The SMILES string of the molecule is CC(C)(C)c1cc(CN)c(O)c(C(=O)C(F)(F)F)c1. The second-order valence-corrected chi connectivity index (χ2v) is 5.31. The molecule has 19 heavy (non-hydrogen) atoms. The van der Waals surface area contributed by atoms with Crippen LogP contribution in [0.1, 0.15) is 42.3 Å². The van der Waals surface area contributed by atoms with E-state index in [4.69, 9.17) is 5.73 Å². The minimum Gasteiger partial charge on any atom is -0.507 e. The third-order valence-corrected chi connectivity index (χ3v) is 2.78. The molecular formula is C13H16F3NO2. The molecule has 1 aromatic carbocycles. The number of alkyl halides is 3. The normalized spacial score (nSPS) is 12.6. The predicted molar refractivity (Wildman–Crippen MR) is 65.1 cm³/mol. The maximum Gasteiger partial charge on any atom is 0.455 e. The van der Waals surface area contributed by atoms with Crippen LogP contribution in [0.4, 0.5) is 13.2 Å². The van der Waals surface area contributed by atoms with Crippen LogP contribution in [-0.4, -0.2) is 17.1 Å². The summed E-state index contributed by atoms with van der Waals surface area (Å²) >= 11 is 0. The van der Waals surface area contributed by atoms with Crippen molar-refractivity contribution in [1.29, 1.82) is 0 Å². The van der Waals surface area contributed by atoms with Crippen molar-refractivity contribution < 1.29 is 23.1 Å². The summed E-state index contributed by atoms with van der Waals surface area (Å²) in [6.45, 7) is 5.23. The number of phenols is 1. The molecule has 3 N–H and O–H groups in total. The number of ketones is 1. The van der Waals surface area contributed by atoms with Crippen molar-refractivity contribution in [1.82, 2.24) is 0 Å². The number of benzene rings is 1. The standard InChI is InChI=1S/C13H16F3NO2/c1-12(2,3)8-4-7(6-17)10(18)9(5-8)11(19)13(14,15)16/h4-5,18H,6,17H2,1-3H3. The summed E-state index contributed by atoms with van der Waals surface area (Å²) in [7, 11) is 0. The first-order chi connectivity index (χ1) is 8.48. The highest BCUT2D eigenvalue weighted by atomic mass is 19.4. The van der Waals surface area contributed by atoms with E-state index in [-0.39, 0.29) is 12.1 Å². The van der Waals surface area contributed by atoms with Crippen LogP contribution in [-0.2, 0) is 12.0 Å². The molecule has 0 fully saturated rings. The molecule has 0 saturated heterocycles. The molecule has 0 aromatic heterocycles. The Labute approximate surface area is 109 Å². The van der Waals surface area contributed by atoms with Gasteiger partial charge in [-0.25, -0.2) is 0 Å². The monoisotopic (exact) mass is 275 g/mol. The molecule has 0 aliphatic carbocycles. The van der Waals surface area contributed by atoms with E-state index in [1.165, 1.54) is 6.07 Å². The highest BCUT2D eigenvalue weighted by molar-refractivity contribution is 6.03. The summed E-state index contributed by atoms with van der Waals surface area (Å²) in [5.41, 5.74) is 4.82. The van der Waals surface area contributed by atoms with Crippen molar-refractivity contribution in [2.45, 2.75) is 38.9 Å². The number of hydrogen-bond donors (Lipinski definition) is 2. The van der Waals surface area contributed by atoms with Crippen LogP contribution < -0.4 is 5.73 Å². The number of Topliss-reactive ketones (excluding diaryl/α,β-unsaturated/α-hetero) is 1. The van der Waals surface area contributed by atoms with E-state index < -0.39 is 28.7 Å². The minimum absolute atomic E-state index is 0.125. The van der Waals surface area contributed by atoms with Gasteiger partial charge >= 0.3 is 6.18 Å². The summed E-state index contributed by atoms with van der Waals surface area (Å²) in [4.78, 5) is 11.3. The first-order valence-electron chi connectivity index (χ1n) is 5.66. The largest absolute Gasteiger partial charge is 0.507 e. The van der Waals surface area contributed by atoms with Crippen molar-refractivity contribution in [2.75, 3.05) is 0 Å². The molecule has 0 amide bonds. The fourth-order valence-corrected chi connectivity index (χ4v) is 1.61. The fraction of sp³-hybridized carbons (Fsp3) is 0.462. The van der Waals surface area contributed by atoms with Gasteiger partial charge in [0.1, 0.15) is 5.75 Å². The van der Waals surface area contributed by atoms with E-state index in [2.05, 4.69) is 0 Å². The van der Waals surface area contributed by atoms with Gasteiger partial charge in [0.25, 0.3) is 5.78 Å². The van der Waals surface area contributed by atoms with E-state index in [0.29, 0.717) is 5.56 Å². The lowest BCUT2D eigenvalue weighted by Crippen LogP contribution is -2.24. The summed E-state index contributed by atoms with van der Waals surface area (Å²) in [6.07, 6.45) is -5.03. The Morgan fingerprint density at radius 3 is 2.16 bits per heavy atom.